The average molecular weight is 310 g/mol. The van der Waals surface area contributed by atoms with Crippen molar-refractivity contribution in [3.05, 3.63) is 12.7 Å². The lowest BCUT2D eigenvalue weighted by Crippen LogP contribution is -2.43. The lowest BCUT2D eigenvalue weighted by Gasteiger charge is -2.34. The Kier molecular flexibility index (Phi) is 7.94. The number of ether oxygens (including phenoxy) is 1. The lowest BCUT2D eigenvalue weighted by atomic mass is 9.95. The highest BCUT2D eigenvalue weighted by molar-refractivity contribution is 5.68. The first-order valence-electron chi connectivity index (χ1n) is 8.64. The molecule has 1 rings (SSSR count). The Morgan fingerprint density at radius 1 is 1.50 bits per heavy atom. The first-order chi connectivity index (χ1) is 10.3. The van der Waals surface area contributed by atoms with E-state index >= 15 is 0 Å². The zero-order chi connectivity index (χ0) is 16.6. The SMILES string of the molecule is C=CCCC(C)NCCC1CCCN(C(=O)OC(C)(C)C)C1. The fourth-order valence-corrected chi connectivity index (χ4v) is 2.80. The van der Waals surface area contributed by atoms with Crippen LogP contribution in [0.5, 0.6) is 0 Å². The molecule has 1 N–H and O–H groups in total. The Morgan fingerprint density at radius 3 is 2.86 bits per heavy atom. The number of carbonyl (C=O) groups is 1. The molecule has 0 aromatic heterocycles. The molecule has 1 aliphatic heterocycles. The fraction of sp³-hybridized carbons (Fsp3) is 0.833. The van der Waals surface area contributed by atoms with Crippen molar-refractivity contribution in [2.24, 2.45) is 5.92 Å². The lowest BCUT2D eigenvalue weighted by molar-refractivity contribution is 0.0161. The van der Waals surface area contributed by atoms with Gasteiger partial charge in [0.15, 0.2) is 0 Å². The van der Waals surface area contributed by atoms with Gasteiger partial charge in [-0.25, -0.2) is 4.79 Å². The molecule has 0 aromatic carbocycles. The number of amides is 1. The Hall–Kier alpha value is -1.03. The van der Waals surface area contributed by atoms with Crippen molar-refractivity contribution in [1.82, 2.24) is 10.2 Å². The minimum atomic E-state index is -0.411. The van der Waals surface area contributed by atoms with E-state index in [-0.39, 0.29) is 6.09 Å². The monoisotopic (exact) mass is 310 g/mol. The molecule has 0 bridgehead atoms. The van der Waals surface area contributed by atoms with Crippen LogP contribution in [0.3, 0.4) is 0 Å². The minimum Gasteiger partial charge on any atom is -0.444 e. The maximum atomic E-state index is 12.1. The summed E-state index contributed by atoms with van der Waals surface area (Å²) >= 11 is 0. The average Bonchev–Trinajstić information content (AvgIpc) is 2.43. The number of rotatable bonds is 7. The Labute approximate surface area is 136 Å². The summed E-state index contributed by atoms with van der Waals surface area (Å²) < 4.78 is 5.47. The second-order valence-electron chi connectivity index (χ2n) is 7.44. The summed E-state index contributed by atoms with van der Waals surface area (Å²) in [6.45, 7) is 14.4. The summed E-state index contributed by atoms with van der Waals surface area (Å²) in [5, 5.41) is 3.56. The summed E-state index contributed by atoms with van der Waals surface area (Å²) in [6.07, 6.45) is 7.42. The van der Waals surface area contributed by atoms with Crippen LogP contribution in [0.4, 0.5) is 4.79 Å². The highest BCUT2D eigenvalue weighted by Gasteiger charge is 2.27. The number of hydrogen-bond acceptors (Lipinski definition) is 3. The fourth-order valence-electron chi connectivity index (χ4n) is 2.80. The van der Waals surface area contributed by atoms with Crippen LogP contribution in [-0.2, 0) is 4.74 Å². The van der Waals surface area contributed by atoms with Crippen molar-refractivity contribution in [1.29, 1.82) is 0 Å². The van der Waals surface area contributed by atoms with E-state index < -0.39 is 5.60 Å². The van der Waals surface area contributed by atoms with Crippen molar-refractivity contribution in [2.45, 2.75) is 71.4 Å². The standard InChI is InChI=1S/C18H34N2O2/c1-6-7-9-15(2)19-12-11-16-10-8-13-20(14-16)17(21)22-18(3,4)5/h6,15-16,19H,1,7-14H2,2-5H3. The van der Waals surface area contributed by atoms with Crippen molar-refractivity contribution < 1.29 is 9.53 Å². The first-order valence-corrected chi connectivity index (χ1v) is 8.64. The van der Waals surface area contributed by atoms with Crippen LogP contribution in [0.2, 0.25) is 0 Å². The van der Waals surface area contributed by atoms with Gasteiger partial charge < -0.3 is 15.0 Å². The minimum absolute atomic E-state index is 0.162. The van der Waals surface area contributed by atoms with Crippen LogP contribution >= 0.6 is 0 Å². The molecular formula is C18H34N2O2. The van der Waals surface area contributed by atoms with Crippen LogP contribution in [-0.4, -0.2) is 42.3 Å². The molecule has 1 aliphatic rings. The molecule has 4 heteroatoms. The van der Waals surface area contributed by atoms with Gasteiger partial charge in [-0.2, -0.15) is 0 Å². The molecule has 2 unspecified atom stereocenters. The number of nitrogens with zero attached hydrogens (tertiary/aromatic N) is 1. The van der Waals surface area contributed by atoms with Crippen molar-refractivity contribution in [3.8, 4) is 0 Å². The molecule has 22 heavy (non-hydrogen) atoms. The second kappa shape index (κ2) is 9.19. The third kappa shape index (κ3) is 7.83. The number of hydrogen-bond donors (Lipinski definition) is 1. The van der Waals surface area contributed by atoms with Crippen molar-refractivity contribution in [2.75, 3.05) is 19.6 Å². The van der Waals surface area contributed by atoms with Gasteiger partial charge in [-0.3, -0.25) is 0 Å². The van der Waals surface area contributed by atoms with Crippen LogP contribution < -0.4 is 5.32 Å². The summed E-state index contributed by atoms with van der Waals surface area (Å²) in [5.41, 5.74) is -0.411. The molecule has 1 amide bonds. The van der Waals surface area contributed by atoms with E-state index in [1.54, 1.807) is 0 Å². The molecule has 0 aliphatic carbocycles. The molecule has 4 nitrogen and oxygen atoms in total. The van der Waals surface area contributed by atoms with Crippen molar-refractivity contribution in [3.63, 3.8) is 0 Å². The molecular weight excluding hydrogens is 276 g/mol. The Morgan fingerprint density at radius 2 is 2.23 bits per heavy atom. The third-order valence-electron chi connectivity index (χ3n) is 4.02. The summed E-state index contributed by atoms with van der Waals surface area (Å²) in [4.78, 5) is 14.0. The molecule has 0 radical (unpaired) electrons. The number of likely N-dealkylation sites (tertiary alicyclic amines) is 1. The molecule has 1 saturated heterocycles. The highest BCUT2D eigenvalue weighted by atomic mass is 16.6. The largest absolute Gasteiger partial charge is 0.444 e. The number of piperidine rings is 1. The normalized spacial score (nSPS) is 20.5. The van der Waals surface area contributed by atoms with E-state index in [9.17, 15) is 4.79 Å². The maximum Gasteiger partial charge on any atom is 0.410 e. The third-order valence-corrected chi connectivity index (χ3v) is 4.02. The summed E-state index contributed by atoms with van der Waals surface area (Å²) in [5.74, 6) is 0.584. The Bertz CT molecular complexity index is 349. The molecule has 1 fully saturated rings. The van der Waals surface area contributed by atoms with Crippen LogP contribution in [0.15, 0.2) is 12.7 Å². The van der Waals surface area contributed by atoms with Gasteiger partial charge in [-0.15, -0.1) is 6.58 Å². The number of nitrogens with one attached hydrogen (secondary N) is 1. The second-order valence-corrected chi connectivity index (χ2v) is 7.44. The van der Waals surface area contributed by atoms with Gasteiger partial charge in [-0.1, -0.05) is 6.08 Å². The van der Waals surface area contributed by atoms with Crippen molar-refractivity contribution >= 4 is 6.09 Å². The van der Waals surface area contributed by atoms with E-state index in [4.69, 9.17) is 4.74 Å². The smallest absolute Gasteiger partial charge is 0.410 e. The number of carbonyl (C=O) groups excluding carboxylic acids is 1. The zero-order valence-electron chi connectivity index (χ0n) is 14.9. The number of allylic oxidation sites excluding steroid dienone is 1. The van der Waals surface area contributed by atoms with Gasteiger partial charge in [0.25, 0.3) is 0 Å². The maximum absolute atomic E-state index is 12.1. The quantitative estimate of drug-likeness (QED) is 0.723. The molecule has 0 aromatic rings. The predicted octanol–water partition coefficient (Wildman–Crippen LogP) is 3.97. The van der Waals surface area contributed by atoms with E-state index in [2.05, 4.69) is 18.8 Å². The van der Waals surface area contributed by atoms with E-state index in [0.29, 0.717) is 12.0 Å². The highest BCUT2D eigenvalue weighted by Crippen LogP contribution is 2.21. The van der Waals surface area contributed by atoms with Gasteiger partial charge in [0, 0.05) is 19.1 Å². The van der Waals surface area contributed by atoms with Crippen LogP contribution in [0, 0.1) is 5.92 Å². The molecule has 128 valence electrons. The van der Waals surface area contributed by atoms with E-state index in [1.807, 2.05) is 31.7 Å². The van der Waals surface area contributed by atoms with Gasteiger partial charge in [-0.05, 0) is 72.3 Å². The molecule has 2 atom stereocenters. The van der Waals surface area contributed by atoms with E-state index in [1.165, 1.54) is 6.42 Å². The van der Waals surface area contributed by atoms with Gasteiger partial charge >= 0.3 is 6.09 Å². The molecule has 0 spiro atoms. The molecule has 0 saturated carbocycles. The summed E-state index contributed by atoms with van der Waals surface area (Å²) in [7, 11) is 0. The van der Waals surface area contributed by atoms with Gasteiger partial charge in [0.1, 0.15) is 5.60 Å². The van der Waals surface area contributed by atoms with E-state index in [0.717, 1.165) is 45.3 Å². The predicted molar refractivity (Wildman–Crippen MR) is 92.0 cm³/mol. The first kappa shape index (κ1) is 19.0. The van der Waals surface area contributed by atoms with Gasteiger partial charge in [0.05, 0.1) is 0 Å². The van der Waals surface area contributed by atoms with Gasteiger partial charge in [0.2, 0.25) is 0 Å². The zero-order valence-corrected chi connectivity index (χ0v) is 14.9. The topological polar surface area (TPSA) is 41.6 Å². The Balaban J connectivity index is 2.28. The van der Waals surface area contributed by atoms with Crippen LogP contribution in [0.1, 0.15) is 59.8 Å². The van der Waals surface area contributed by atoms with Crippen LogP contribution in [0.25, 0.3) is 0 Å². The summed E-state index contributed by atoms with van der Waals surface area (Å²) in [6, 6.07) is 0.531. The molecule has 1 heterocycles.